The maximum atomic E-state index is 6.91. The molecule has 0 saturated heterocycles. The minimum atomic E-state index is -0.0512. The fourth-order valence-electron chi connectivity index (χ4n) is 7.07. The summed E-state index contributed by atoms with van der Waals surface area (Å²) < 4.78 is 11.6. The molecule has 0 N–H and O–H groups in total. The molecule has 5 aromatic rings. The van der Waals surface area contributed by atoms with Gasteiger partial charge in [-0.1, -0.05) is 74.9 Å². The molecule has 0 spiro atoms. The van der Waals surface area contributed by atoms with Crippen LogP contribution in [0.1, 0.15) is 60.1 Å². The molecular weight excluding hydrogens is 500 g/mol. The highest BCUT2D eigenvalue weighted by Crippen LogP contribution is 2.45. The second-order valence-corrected chi connectivity index (χ2v) is 13.3. The molecule has 2 aliphatic rings. The fraction of sp³-hybridized carbons (Fsp3) is 0.289. The number of hydrogen-bond donors (Lipinski definition) is 0. The Morgan fingerprint density at radius 2 is 1.66 bits per heavy atom. The summed E-state index contributed by atoms with van der Waals surface area (Å²) in [5.74, 6) is 1.18. The van der Waals surface area contributed by atoms with E-state index in [1.54, 1.807) is 0 Å². The summed E-state index contributed by atoms with van der Waals surface area (Å²) in [6, 6.07) is 27.0. The van der Waals surface area contributed by atoms with Crippen LogP contribution in [-0.2, 0) is 6.42 Å². The van der Waals surface area contributed by atoms with Crippen molar-refractivity contribution in [3.63, 3.8) is 0 Å². The standard InChI is InChI=1S/C38H39N2O/c1-23-19-24(2)25(3)32(20-23)36-37-31(17-18-39(36)7)29-16-15-27(21-34(29)41-37)40-33-14-9-8-12-28(33)30-13-10-11-26(35(30)40)22-38(4,5)6/h8-21,31,37H,22H2,1-7H3/q+1. The largest absolute Gasteiger partial charge is 0.478 e. The molecule has 0 bridgehead atoms. The van der Waals surface area contributed by atoms with Crippen LogP contribution in [0.4, 0.5) is 0 Å². The molecule has 3 heteroatoms. The van der Waals surface area contributed by atoms with E-state index < -0.39 is 0 Å². The predicted octanol–water partition coefficient (Wildman–Crippen LogP) is 8.80. The summed E-state index contributed by atoms with van der Waals surface area (Å²) in [5, 5.41) is 2.60. The number of rotatable bonds is 3. The number of ether oxygens (including phenoxy) is 1. The number of aromatic nitrogens is 1. The van der Waals surface area contributed by atoms with E-state index in [1.165, 1.54) is 60.9 Å². The van der Waals surface area contributed by atoms with Gasteiger partial charge in [0.2, 0.25) is 5.71 Å². The van der Waals surface area contributed by atoms with Gasteiger partial charge in [-0.3, -0.25) is 0 Å². The van der Waals surface area contributed by atoms with Gasteiger partial charge in [0.25, 0.3) is 0 Å². The summed E-state index contributed by atoms with van der Waals surface area (Å²) in [5.41, 5.74) is 13.0. The lowest BCUT2D eigenvalue weighted by atomic mass is 9.85. The van der Waals surface area contributed by atoms with E-state index in [2.05, 4.69) is 143 Å². The predicted molar refractivity (Wildman–Crippen MR) is 171 cm³/mol. The molecule has 0 amide bonds. The summed E-state index contributed by atoms with van der Waals surface area (Å²) in [4.78, 5) is 0. The van der Waals surface area contributed by atoms with Crippen molar-refractivity contribution in [2.75, 3.05) is 7.05 Å². The maximum Gasteiger partial charge on any atom is 0.230 e. The monoisotopic (exact) mass is 539 g/mol. The minimum Gasteiger partial charge on any atom is -0.478 e. The second kappa shape index (κ2) is 9.21. The molecule has 3 nitrogen and oxygen atoms in total. The Balaban J connectivity index is 1.38. The van der Waals surface area contributed by atoms with Crippen LogP contribution in [0.2, 0.25) is 0 Å². The van der Waals surface area contributed by atoms with E-state index in [1.807, 2.05) is 0 Å². The van der Waals surface area contributed by atoms with Gasteiger partial charge in [0.1, 0.15) is 12.8 Å². The normalized spacial score (nSPS) is 18.2. The zero-order valence-electron chi connectivity index (χ0n) is 25.2. The van der Waals surface area contributed by atoms with Crippen LogP contribution in [0.5, 0.6) is 5.75 Å². The third-order valence-electron chi connectivity index (χ3n) is 8.95. The van der Waals surface area contributed by atoms with Crippen LogP contribution >= 0.6 is 0 Å². The molecule has 0 radical (unpaired) electrons. The van der Waals surface area contributed by atoms with E-state index >= 15 is 0 Å². The van der Waals surface area contributed by atoms with Gasteiger partial charge in [-0.25, -0.2) is 4.58 Å². The van der Waals surface area contributed by atoms with Gasteiger partial charge in [0, 0.05) is 33.7 Å². The molecule has 2 atom stereocenters. The van der Waals surface area contributed by atoms with Crippen LogP contribution in [0, 0.1) is 26.2 Å². The number of aryl methyl sites for hydroxylation is 2. The topological polar surface area (TPSA) is 17.2 Å². The molecule has 7 rings (SSSR count). The Hall–Kier alpha value is -4.11. The average Bonchev–Trinajstić information content (AvgIpc) is 3.46. The average molecular weight is 540 g/mol. The van der Waals surface area contributed by atoms with Crippen molar-refractivity contribution >= 4 is 27.5 Å². The Bertz CT molecular complexity index is 1930. The van der Waals surface area contributed by atoms with E-state index in [0.717, 1.165) is 17.9 Å². The maximum absolute atomic E-state index is 6.91. The lowest BCUT2D eigenvalue weighted by Crippen LogP contribution is -2.37. The number of hydrogen-bond acceptors (Lipinski definition) is 1. The van der Waals surface area contributed by atoms with Crippen LogP contribution < -0.4 is 4.74 Å². The first-order valence-electron chi connectivity index (χ1n) is 14.8. The first-order valence-corrected chi connectivity index (χ1v) is 14.8. The SMILES string of the molecule is Cc1cc(C)c(C)c(C2=[N+](C)C=CC3c4ccc(-n5c6ccccc6c6cccc(CC(C)(C)C)c65)cc4OC23)c1. The molecule has 0 saturated carbocycles. The van der Waals surface area contributed by atoms with Crippen LogP contribution in [0.15, 0.2) is 85.1 Å². The number of fused-ring (bicyclic) bond motifs is 6. The Morgan fingerprint density at radius 1 is 0.878 bits per heavy atom. The van der Waals surface area contributed by atoms with E-state index in [9.17, 15) is 0 Å². The summed E-state index contributed by atoms with van der Waals surface area (Å²) in [6.07, 6.45) is 5.48. The lowest BCUT2D eigenvalue weighted by Gasteiger charge is -2.21. The zero-order chi connectivity index (χ0) is 28.6. The Labute approximate surface area is 243 Å². The second-order valence-electron chi connectivity index (χ2n) is 13.3. The van der Waals surface area contributed by atoms with Crippen molar-refractivity contribution in [1.82, 2.24) is 4.57 Å². The third-order valence-corrected chi connectivity index (χ3v) is 8.95. The van der Waals surface area contributed by atoms with Gasteiger partial charge in [-0.15, -0.1) is 0 Å². The first kappa shape index (κ1) is 25.8. The molecule has 0 fully saturated rings. The van der Waals surface area contributed by atoms with E-state index in [0.29, 0.717) is 0 Å². The van der Waals surface area contributed by atoms with Crippen molar-refractivity contribution in [2.24, 2.45) is 5.41 Å². The summed E-state index contributed by atoms with van der Waals surface area (Å²) >= 11 is 0. The van der Waals surface area contributed by atoms with E-state index in [-0.39, 0.29) is 17.4 Å². The number of nitrogens with zero attached hydrogens (tertiary/aromatic N) is 2. The quantitative estimate of drug-likeness (QED) is 0.209. The molecule has 3 heterocycles. The smallest absolute Gasteiger partial charge is 0.230 e. The van der Waals surface area contributed by atoms with Crippen LogP contribution in [0.25, 0.3) is 27.5 Å². The molecule has 0 aliphatic carbocycles. The molecule has 4 aromatic carbocycles. The third kappa shape index (κ3) is 4.13. The minimum absolute atomic E-state index is 0.0512. The van der Waals surface area contributed by atoms with Crippen molar-refractivity contribution < 1.29 is 9.31 Å². The zero-order valence-corrected chi connectivity index (χ0v) is 25.2. The van der Waals surface area contributed by atoms with Crippen LogP contribution in [0.3, 0.4) is 0 Å². The molecule has 2 aliphatic heterocycles. The van der Waals surface area contributed by atoms with Crippen molar-refractivity contribution in [3.05, 3.63) is 118 Å². The molecule has 1 aromatic heterocycles. The Kier molecular flexibility index (Phi) is 5.80. The Morgan fingerprint density at radius 3 is 2.46 bits per heavy atom. The van der Waals surface area contributed by atoms with Gasteiger partial charge < -0.3 is 9.30 Å². The molecule has 41 heavy (non-hydrogen) atoms. The lowest BCUT2D eigenvalue weighted by molar-refractivity contribution is -0.427. The van der Waals surface area contributed by atoms with E-state index in [4.69, 9.17) is 4.74 Å². The van der Waals surface area contributed by atoms with Crippen molar-refractivity contribution in [1.29, 1.82) is 0 Å². The number of benzene rings is 4. The molecular formula is C38H39N2O+. The summed E-state index contributed by atoms with van der Waals surface area (Å²) in [7, 11) is 2.14. The van der Waals surface area contributed by atoms with Gasteiger partial charge in [0.05, 0.1) is 17.0 Å². The van der Waals surface area contributed by atoms with Gasteiger partial charge in [-0.05, 0) is 73.6 Å². The van der Waals surface area contributed by atoms with Gasteiger partial charge in [-0.2, -0.15) is 0 Å². The highest BCUT2D eigenvalue weighted by atomic mass is 16.5. The summed E-state index contributed by atoms with van der Waals surface area (Å²) in [6.45, 7) is 13.6. The highest BCUT2D eigenvalue weighted by molar-refractivity contribution is 6.10. The van der Waals surface area contributed by atoms with Crippen molar-refractivity contribution in [2.45, 2.75) is 60.0 Å². The molecule has 2 unspecified atom stereocenters. The first-order chi connectivity index (χ1) is 19.6. The number of para-hydroxylation sites is 2. The molecule has 206 valence electrons. The van der Waals surface area contributed by atoms with Crippen molar-refractivity contribution in [3.8, 4) is 11.4 Å². The fourth-order valence-corrected chi connectivity index (χ4v) is 7.07. The highest BCUT2D eigenvalue weighted by Gasteiger charge is 2.44. The van der Waals surface area contributed by atoms with Gasteiger partial charge in [0.15, 0.2) is 12.3 Å². The van der Waals surface area contributed by atoms with Crippen LogP contribution in [-0.4, -0.2) is 28.0 Å². The van der Waals surface area contributed by atoms with Gasteiger partial charge >= 0.3 is 0 Å².